The number of alkyl halides is 6. The Morgan fingerprint density at radius 2 is 1.05 bits per heavy atom. The van der Waals surface area contributed by atoms with Crippen molar-refractivity contribution in [3.8, 4) is 0 Å². The second-order valence-electron chi connectivity index (χ2n) is 8.96. The molecule has 3 rings (SSSR count). The zero-order chi connectivity index (χ0) is 31.1. The van der Waals surface area contributed by atoms with E-state index in [1.807, 2.05) is 24.8 Å². The molecular formula is C20H30F6MnN6O6S2. The van der Waals surface area contributed by atoms with Crippen LogP contribution < -0.4 is 0 Å². The summed E-state index contributed by atoms with van der Waals surface area (Å²) < 4.78 is 122. The van der Waals surface area contributed by atoms with Gasteiger partial charge in [0.25, 0.3) is 0 Å². The Bertz CT molecular complexity index is 1190. The molecule has 0 unspecified atom stereocenters. The normalized spacial score (nSPS) is 18.2. The Hall–Kier alpha value is -1.74. The molecule has 0 bridgehead atoms. The van der Waals surface area contributed by atoms with Gasteiger partial charge in [-0.2, -0.15) is 26.3 Å². The molecule has 237 valence electrons. The minimum atomic E-state index is -6.09. The Kier molecular flexibility index (Phi) is 15.0. The molecule has 1 saturated carbocycles. The van der Waals surface area contributed by atoms with Crippen molar-refractivity contribution >= 4 is 20.2 Å². The van der Waals surface area contributed by atoms with E-state index >= 15 is 0 Å². The summed E-state index contributed by atoms with van der Waals surface area (Å²) in [5, 5.41) is 0. The summed E-state index contributed by atoms with van der Waals surface area (Å²) >= 11 is 0. The molecule has 2 aromatic rings. The third-order valence-electron chi connectivity index (χ3n) is 6.02. The van der Waals surface area contributed by atoms with Crippen molar-refractivity contribution in [2.24, 2.45) is 14.1 Å². The minimum Gasteiger partial charge on any atom is -0.741 e. The van der Waals surface area contributed by atoms with Crippen LogP contribution >= 0.6 is 0 Å². The summed E-state index contributed by atoms with van der Waals surface area (Å²) in [6.07, 6.45) is 13.0. The summed E-state index contributed by atoms with van der Waals surface area (Å²) in [7, 11) is -3.55. The fourth-order valence-electron chi connectivity index (χ4n) is 3.90. The standard InChI is InChI=1S/C18H30N6.2CHF3O3S.Mn/c1-21-11-9-19-17(21)13-23(3)15-7-5-6-8-16(15)24(4)14-18-20-10-12-22(18)2;2*2-1(3,4)8(5,6)7;/h9-12,15-16H,5-8,13-14H2,1-4H3;2*(H,5,6,7);/q;;;+2/p-2/t15-,16-;;;/m0.../s1. The predicted molar refractivity (Wildman–Crippen MR) is 127 cm³/mol. The van der Waals surface area contributed by atoms with Gasteiger partial charge in [0.1, 0.15) is 11.6 Å². The van der Waals surface area contributed by atoms with Gasteiger partial charge in [0.05, 0.1) is 13.1 Å². The van der Waals surface area contributed by atoms with Gasteiger partial charge in [-0.05, 0) is 26.9 Å². The molecule has 0 aliphatic heterocycles. The van der Waals surface area contributed by atoms with E-state index in [0.29, 0.717) is 12.1 Å². The van der Waals surface area contributed by atoms with Crippen molar-refractivity contribution in [3.63, 3.8) is 0 Å². The van der Waals surface area contributed by atoms with Crippen LogP contribution in [0.2, 0.25) is 0 Å². The van der Waals surface area contributed by atoms with E-state index in [1.165, 1.54) is 25.7 Å². The van der Waals surface area contributed by atoms with E-state index < -0.39 is 31.3 Å². The van der Waals surface area contributed by atoms with Crippen LogP contribution in [-0.2, 0) is 64.5 Å². The molecule has 2 heterocycles. The monoisotopic (exact) mass is 683 g/mol. The molecule has 41 heavy (non-hydrogen) atoms. The average Bonchev–Trinajstić information content (AvgIpc) is 3.39. The first-order chi connectivity index (χ1) is 18.1. The van der Waals surface area contributed by atoms with Gasteiger partial charge in [0.2, 0.25) is 0 Å². The quantitative estimate of drug-likeness (QED) is 0.191. The third kappa shape index (κ3) is 12.6. The number of likely N-dealkylation sites (N-methyl/N-ethyl adjacent to an activating group) is 2. The average molecular weight is 684 g/mol. The first-order valence-corrected chi connectivity index (χ1v) is 14.2. The van der Waals surface area contributed by atoms with Crippen LogP contribution in [0.5, 0.6) is 0 Å². The zero-order valence-electron chi connectivity index (χ0n) is 22.3. The minimum absolute atomic E-state index is 0. The van der Waals surface area contributed by atoms with Crippen LogP contribution in [0.15, 0.2) is 24.8 Å². The van der Waals surface area contributed by atoms with Gasteiger partial charge in [-0.3, -0.25) is 9.80 Å². The Morgan fingerprint density at radius 3 is 1.24 bits per heavy atom. The number of aromatic nitrogens is 4. The summed E-state index contributed by atoms with van der Waals surface area (Å²) in [6.45, 7) is 1.81. The number of hydrogen-bond acceptors (Lipinski definition) is 10. The van der Waals surface area contributed by atoms with Gasteiger partial charge < -0.3 is 18.2 Å². The van der Waals surface area contributed by atoms with Gasteiger partial charge in [-0.25, -0.2) is 26.8 Å². The van der Waals surface area contributed by atoms with Crippen LogP contribution in [0, 0.1) is 0 Å². The number of imidazole rings is 2. The molecule has 1 fully saturated rings. The second-order valence-corrected chi connectivity index (χ2v) is 11.7. The Balaban J connectivity index is 0.000000781. The first kappa shape index (κ1) is 39.3. The fourth-order valence-corrected chi connectivity index (χ4v) is 3.90. The van der Waals surface area contributed by atoms with Gasteiger partial charge >= 0.3 is 28.1 Å². The summed E-state index contributed by atoms with van der Waals surface area (Å²) in [6, 6.07) is 1.14. The molecule has 0 spiro atoms. The molecule has 0 saturated heterocycles. The van der Waals surface area contributed by atoms with E-state index in [-0.39, 0.29) is 17.1 Å². The molecule has 1 radical (unpaired) electrons. The largest absolute Gasteiger partial charge is 2.00 e. The summed E-state index contributed by atoms with van der Waals surface area (Å²) in [5.74, 6) is 2.27. The molecule has 21 heteroatoms. The molecule has 0 aromatic carbocycles. The third-order valence-corrected chi connectivity index (χ3v) is 7.15. The van der Waals surface area contributed by atoms with E-state index in [2.05, 4.69) is 57.1 Å². The number of nitrogens with zero attached hydrogens (tertiary/aromatic N) is 6. The van der Waals surface area contributed by atoms with E-state index in [9.17, 15) is 26.3 Å². The number of rotatable bonds is 6. The summed E-state index contributed by atoms with van der Waals surface area (Å²) in [4.78, 5) is 13.9. The second kappa shape index (κ2) is 15.6. The van der Waals surface area contributed by atoms with Crippen molar-refractivity contribution in [2.45, 2.75) is 61.9 Å². The Morgan fingerprint density at radius 1 is 0.780 bits per heavy atom. The van der Waals surface area contributed by atoms with Gasteiger partial charge in [-0.1, -0.05) is 12.8 Å². The number of aryl methyl sites for hydroxylation is 2. The molecule has 12 nitrogen and oxygen atoms in total. The van der Waals surface area contributed by atoms with E-state index in [4.69, 9.17) is 25.9 Å². The topological polar surface area (TPSA) is 157 Å². The maximum atomic E-state index is 10.7. The predicted octanol–water partition coefficient (Wildman–Crippen LogP) is 2.13. The molecule has 0 N–H and O–H groups in total. The van der Waals surface area contributed by atoms with Gasteiger partial charge in [-0.15, -0.1) is 0 Å². The first-order valence-electron chi connectivity index (χ1n) is 11.4. The molecular weight excluding hydrogens is 653 g/mol. The summed E-state index contributed by atoms with van der Waals surface area (Å²) in [5.41, 5.74) is -11.3. The van der Waals surface area contributed by atoms with Crippen molar-refractivity contribution in [3.05, 3.63) is 36.4 Å². The van der Waals surface area contributed by atoms with Crippen LogP contribution in [0.1, 0.15) is 37.3 Å². The van der Waals surface area contributed by atoms with E-state index in [0.717, 1.165) is 24.7 Å². The van der Waals surface area contributed by atoms with Gasteiger partial charge in [0, 0.05) is 51.0 Å². The van der Waals surface area contributed by atoms with Crippen molar-refractivity contribution in [1.82, 2.24) is 28.9 Å². The molecule has 2 aromatic heterocycles. The molecule has 2 atom stereocenters. The van der Waals surface area contributed by atoms with Crippen molar-refractivity contribution < 1.29 is 69.4 Å². The van der Waals surface area contributed by atoms with Crippen LogP contribution in [0.3, 0.4) is 0 Å². The van der Waals surface area contributed by atoms with Crippen LogP contribution in [-0.4, -0.2) is 92.0 Å². The molecule has 0 amide bonds. The van der Waals surface area contributed by atoms with Crippen molar-refractivity contribution in [2.75, 3.05) is 14.1 Å². The van der Waals surface area contributed by atoms with Gasteiger partial charge in [0.15, 0.2) is 20.2 Å². The zero-order valence-corrected chi connectivity index (χ0v) is 25.1. The van der Waals surface area contributed by atoms with Crippen LogP contribution in [0.25, 0.3) is 0 Å². The number of halogens is 6. The Labute approximate surface area is 244 Å². The number of hydrogen-bond donors (Lipinski definition) is 0. The maximum absolute atomic E-state index is 10.7. The smallest absolute Gasteiger partial charge is 0.741 e. The fraction of sp³-hybridized carbons (Fsp3) is 0.700. The van der Waals surface area contributed by atoms with E-state index in [1.54, 1.807) is 0 Å². The maximum Gasteiger partial charge on any atom is 2.00 e. The molecule has 1 aliphatic rings. The molecule has 1 aliphatic carbocycles. The van der Waals surface area contributed by atoms with Crippen molar-refractivity contribution in [1.29, 1.82) is 0 Å². The van der Waals surface area contributed by atoms with Crippen LogP contribution in [0.4, 0.5) is 26.3 Å². The SMILES string of the molecule is CN(Cc1nccn1C)[C@H]1CCCC[C@@H]1N(C)Cc1nccn1C.O=S(=O)([O-])C(F)(F)F.O=S(=O)([O-])C(F)(F)F.[Mn+2].